The van der Waals surface area contributed by atoms with E-state index in [1.165, 1.54) is 18.5 Å². The van der Waals surface area contributed by atoms with Crippen molar-refractivity contribution in [2.24, 2.45) is 0 Å². The average molecular weight is 511 g/mol. The molecule has 0 radical (unpaired) electrons. The number of hydrogen-bond acceptors (Lipinski definition) is 7. The normalized spacial score (nSPS) is 11.4. The molecule has 2 N–H and O–H groups in total. The summed E-state index contributed by atoms with van der Waals surface area (Å²) in [7, 11) is -0.430. The first-order chi connectivity index (χ1) is 17.4. The molecule has 2 aromatic carbocycles. The number of ether oxygens (including phenoxy) is 1. The van der Waals surface area contributed by atoms with Crippen LogP contribution in [-0.4, -0.2) is 26.2 Å². The predicted octanol–water partition coefficient (Wildman–Crippen LogP) is 4.94. The maximum Gasteiger partial charge on any atom is 0.228 e. The molecule has 0 aliphatic carbocycles. The lowest BCUT2D eigenvalue weighted by Gasteiger charge is -2.14. The van der Waals surface area contributed by atoms with Gasteiger partial charge in [-0.05, 0) is 29.8 Å². The average Bonchev–Trinajstić information content (AvgIpc) is 2.90. The Morgan fingerprint density at radius 1 is 1.06 bits per heavy atom. The lowest BCUT2D eigenvalue weighted by atomic mass is 10.1. The highest BCUT2D eigenvalue weighted by atomic mass is 32.2. The van der Waals surface area contributed by atoms with Crippen LogP contribution in [0.4, 0.5) is 24.8 Å². The molecule has 12 heteroatoms. The quantitative estimate of drug-likeness (QED) is 0.323. The van der Waals surface area contributed by atoms with Gasteiger partial charge in [0.2, 0.25) is 17.6 Å². The molecular formula is C24H17F3N6O2S. The summed E-state index contributed by atoms with van der Waals surface area (Å²) in [4.78, 5) is 12.3. The van der Waals surface area contributed by atoms with Gasteiger partial charge in [-0.25, -0.2) is 27.9 Å². The minimum absolute atomic E-state index is 0.145. The number of halogens is 3. The van der Waals surface area contributed by atoms with Crippen molar-refractivity contribution in [3.8, 4) is 29.0 Å². The maximum absolute atomic E-state index is 14.9. The summed E-state index contributed by atoms with van der Waals surface area (Å²) in [6.07, 6.45) is 2.85. The van der Waals surface area contributed by atoms with Gasteiger partial charge in [-0.15, -0.1) is 0 Å². The zero-order valence-electron chi connectivity index (χ0n) is 18.6. The Morgan fingerprint density at radius 3 is 2.64 bits per heavy atom. The van der Waals surface area contributed by atoms with Gasteiger partial charge in [-0.1, -0.05) is 18.2 Å². The fourth-order valence-electron chi connectivity index (χ4n) is 3.19. The van der Waals surface area contributed by atoms with Crippen molar-refractivity contribution in [3.63, 3.8) is 0 Å². The number of nitriles is 1. The first-order valence-electron chi connectivity index (χ1n) is 10.4. The molecule has 1 unspecified atom stereocenters. The number of hydrogen-bond donors (Lipinski definition) is 2. The summed E-state index contributed by atoms with van der Waals surface area (Å²) in [5, 5.41) is 11.9. The summed E-state index contributed by atoms with van der Waals surface area (Å²) >= 11 is 0. The summed E-state index contributed by atoms with van der Waals surface area (Å²) in [6.45, 7) is 0. The van der Waals surface area contributed by atoms with E-state index in [1.807, 2.05) is 6.07 Å². The van der Waals surface area contributed by atoms with Gasteiger partial charge < -0.3 is 10.1 Å². The summed E-state index contributed by atoms with van der Waals surface area (Å²) in [6, 6.07) is 13.7. The smallest absolute Gasteiger partial charge is 0.228 e. The highest BCUT2D eigenvalue weighted by molar-refractivity contribution is 7.85. The largest absolute Gasteiger partial charge is 0.435 e. The number of pyridine rings is 1. The van der Waals surface area contributed by atoms with Crippen molar-refractivity contribution in [1.82, 2.24) is 15.0 Å². The summed E-state index contributed by atoms with van der Waals surface area (Å²) in [5.41, 5.74) is 0.450. The van der Waals surface area contributed by atoms with Gasteiger partial charge in [0, 0.05) is 25.5 Å². The lowest BCUT2D eigenvalue weighted by molar-refractivity contribution is 0.401. The van der Waals surface area contributed by atoms with E-state index in [0.29, 0.717) is 28.8 Å². The van der Waals surface area contributed by atoms with Crippen LogP contribution >= 0.6 is 0 Å². The van der Waals surface area contributed by atoms with Crippen LogP contribution in [0, 0.1) is 28.8 Å². The third kappa shape index (κ3) is 5.26. The van der Waals surface area contributed by atoms with Crippen LogP contribution in [0.5, 0.6) is 11.6 Å². The molecule has 0 saturated heterocycles. The van der Waals surface area contributed by atoms with Gasteiger partial charge in [0.1, 0.15) is 16.7 Å². The Bertz CT molecular complexity index is 1500. The predicted molar refractivity (Wildman–Crippen MR) is 128 cm³/mol. The van der Waals surface area contributed by atoms with Crippen LogP contribution in [-0.2, 0) is 16.7 Å². The molecule has 0 amide bonds. The second-order valence-electron chi connectivity index (χ2n) is 7.19. The zero-order valence-corrected chi connectivity index (χ0v) is 19.4. The number of benzene rings is 2. The molecule has 0 bridgehead atoms. The molecule has 4 aromatic rings. The number of nitrogens with one attached hydrogen (secondary N) is 2. The summed E-state index contributed by atoms with van der Waals surface area (Å²) in [5.74, 6) is -5.19. The molecule has 36 heavy (non-hydrogen) atoms. The molecule has 2 aromatic heterocycles. The molecule has 0 fully saturated rings. The van der Waals surface area contributed by atoms with E-state index in [1.54, 1.807) is 43.4 Å². The fourth-order valence-corrected chi connectivity index (χ4v) is 4.21. The van der Waals surface area contributed by atoms with Crippen molar-refractivity contribution >= 4 is 22.6 Å². The van der Waals surface area contributed by atoms with E-state index in [-0.39, 0.29) is 17.2 Å². The van der Waals surface area contributed by atoms with E-state index in [4.69, 9.17) is 10.00 Å². The Kier molecular flexibility index (Phi) is 7.41. The Labute approximate surface area is 206 Å². The second kappa shape index (κ2) is 10.8. The monoisotopic (exact) mass is 510 g/mol. The van der Waals surface area contributed by atoms with Crippen molar-refractivity contribution in [1.29, 1.82) is 5.26 Å². The molecule has 8 nitrogen and oxygen atoms in total. The Morgan fingerprint density at radius 2 is 1.86 bits per heavy atom. The van der Waals surface area contributed by atoms with Gasteiger partial charge in [0.25, 0.3) is 0 Å². The lowest BCUT2D eigenvalue weighted by Crippen LogP contribution is -2.12. The van der Waals surface area contributed by atoms with Crippen LogP contribution in [0.2, 0.25) is 0 Å². The Balaban J connectivity index is 1.60. The van der Waals surface area contributed by atoms with E-state index in [9.17, 15) is 17.4 Å². The number of anilines is 2. The third-order valence-electron chi connectivity index (χ3n) is 4.90. The standard InChI is InChI=1S/C24H17F3N6O2S/c1-29-24-31-10-8-18(32-24)16-7-4-9-30-23(16)35-19-11-17(25)22(21(27)20(19)26)33-36(34)13-15-6-3-2-5-14(15)12-28/h2-11,33H,13H2,1H3,(H,29,31,32). The van der Waals surface area contributed by atoms with Gasteiger partial charge >= 0.3 is 0 Å². The molecule has 2 heterocycles. The highest BCUT2D eigenvalue weighted by Gasteiger charge is 2.23. The third-order valence-corrected chi connectivity index (χ3v) is 5.90. The highest BCUT2D eigenvalue weighted by Crippen LogP contribution is 2.35. The van der Waals surface area contributed by atoms with Crippen LogP contribution in [0.3, 0.4) is 0 Å². The van der Waals surface area contributed by atoms with Crippen molar-refractivity contribution < 1.29 is 22.1 Å². The number of rotatable bonds is 8. The molecule has 0 aliphatic heterocycles. The van der Waals surface area contributed by atoms with Crippen LogP contribution in [0.25, 0.3) is 11.3 Å². The van der Waals surface area contributed by atoms with Crippen LogP contribution < -0.4 is 14.8 Å². The Hall–Kier alpha value is -4.50. The second-order valence-corrected chi connectivity index (χ2v) is 8.38. The first-order valence-corrected chi connectivity index (χ1v) is 11.7. The minimum Gasteiger partial charge on any atom is -0.435 e. The topological polar surface area (TPSA) is 113 Å². The molecule has 0 saturated carbocycles. The molecule has 182 valence electrons. The van der Waals surface area contributed by atoms with Gasteiger partial charge in [-0.3, -0.25) is 4.72 Å². The van der Waals surface area contributed by atoms with E-state index in [2.05, 4.69) is 25.0 Å². The van der Waals surface area contributed by atoms with Gasteiger partial charge in [0.15, 0.2) is 17.4 Å². The maximum atomic E-state index is 14.9. The van der Waals surface area contributed by atoms with E-state index < -0.39 is 39.9 Å². The first kappa shape index (κ1) is 24.6. The SMILES string of the molecule is CNc1nccc(-c2cccnc2Oc2cc(F)c(NS(=O)Cc3ccccc3C#N)c(F)c2F)n1. The molecule has 4 rings (SSSR count). The fraction of sp³-hybridized carbons (Fsp3) is 0.0833. The number of aromatic nitrogens is 3. The van der Waals surface area contributed by atoms with Crippen LogP contribution in [0.1, 0.15) is 11.1 Å². The van der Waals surface area contributed by atoms with Gasteiger partial charge in [0.05, 0.1) is 28.6 Å². The molecular weight excluding hydrogens is 493 g/mol. The van der Waals surface area contributed by atoms with Crippen molar-refractivity contribution in [3.05, 3.63) is 89.5 Å². The molecule has 0 aliphatic rings. The van der Waals surface area contributed by atoms with E-state index >= 15 is 0 Å². The molecule has 1 atom stereocenters. The van der Waals surface area contributed by atoms with Gasteiger partial charge in [-0.2, -0.15) is 9.65 Å². The van der Waals surface area contributed by atoms with Crippen LogP contribution in [0.15, 0.2) is 60.9 Å². The van der Waals surface area contributed by atoms with E-state index in [0.717, 1.165) is 0 Å². The number of nitrogens with zero attached hydrogens (tertiary/aromatic N) is 4. The zero-order chi connectivity index (χ0) is 25.7. The van der Waals surface area contributed by atoms with Crippen molar-refractivity contribution in [2.75, 3.05) is 17.1 Å². The van der Waals surface area contributed by atoms with Crippen molar-refractivity contribution in [2.45, 2.75) is 5.75 Å². The molecule has 0 spiro atoms. The summed E-state index contributed by atoms with van der Waals surface area (Å²) < 4.78 is 64.5. The minimum atomic E-state index is -2.06.